The van der Waals surface area contributed by atoms with Gasteiger partial charge in [0.25, 0.3) is 0 Å². The van der Waals surface area contributed by atoms with Gasteiger partial charge in [-0.15, -0.1) is 0 Å². The number of rotatable bonds is 4. The fourth-order valence-corrected chi connectivity index (χ4v) is 2.55. The lowest BCUT2D eigenvalue weighted by atomic mass is 9.98. The molecule has 0 unspecified atom stereocenters. The van der Waals surface area contributed by atoms with E-state index in [2.05, 4.69) is 4.74 Å². The third-order valence-corrected chi connectivity index (χ3v) is 3.61. The molecule has 2 rings (SSSR count). The summed E-state index contributed by atoms with van der Waals surface area (Å²) in [6, 6.07) is 7.33. The number of benzene rings is 1. The quantitative estimate of drug-likeness (QED) is 0.812. The van der Waals surface area contributed by atoms with Crippen molar-refractivity contribution in [1.29, 1.82) is 0 Å². The molecule has 0 saturated carbocycles. The Labute approximate surface area is 121 Å². The lowest BCUT2D eigenvalue weighted by Crippen LogP contribution is -2.11. The van der Waals surface area contributed by atoms with Gasteiger partial charge in [0.05, 0.1) is 26.2 Å². The van der Waals surface area contributed by atoms with E-state index in [0.717, 1.165) is 11.1 Å². The minimum atomic E-state index is -0.458. The topological polar surface area (TPSA) is 52.6 Å². The van der Waals surface area contributed by atoms with Crippen molar-refractivity contribution in [2.24, 2.45) is 0 Å². The van der Waals surface area contributed by atoms with Gasteiger partial charge in [-0.25, -0.2) is 4.79 Å². The maximum Gasteiger partial charge on any atom is 0.338 e. The second-order valence-corrected chi connectivity index (χ2v) is 4.91. The molecule has 0 atom stereocenters. The zero-order valence-corrected chi connectivity index (χ0v) is 12.0. The molecule has 0 aliphatic rings. The summed E-state index contributed by atoms with van der Waals surface area (Å²) in [6.45, 7) is 0. The lowest BCUT2D eigenvalue weighted by molar-refractivity contribution is -0.139. The van der Waals surface area contributed by atoms with Gasteiger partial charge in [-0.1, -0.05) is 6.07 Å². The van der Waals surface area contributed by atoms with E-state index in [1.165, 1.54) is 14.2 Å². The molecule has 0 N–H and O–H groups in total. The maximum atomic E-state index is 11.7. The molecule has 0 radical (unpaired) electrons. The van der Waals surface area contributed by atoms with E-state index in [1.807, 2.05) is 29.0 Å². The van der Waals surface area contributed by atoms with E-state index in [1.54, 1.807) is 17.4 Å². The molecule has 1 heterocycles. The Morgan fingerprint density at radius 1 is 1.10 bits per heavy atom. The molecule has 0 fully saturated rings. The first-order valence-corrected chi connectivity index (χ1v) is 6.90. The Bertz CT molecular complexity index is 617. The first-order chi connectivity index (χ1) is 9.65. The number of hydrogen-bond donors (Lipinski definition) is 0. The molecule has 2 aromatic rings. The predicted octanol–water partition coefficient (Wildman–Crippen LogP) is 2.92. The monoisotopic (exact) mass is 290 g/mol. The molecule has 4 nitrogen and oxygen atoms in total. The Morgan fingerprint density at radius 3 is 2.50 bits per heavy atom. The molecule has 0 saturated heterocycles. The van der Waals surface area contributed by atoms with Crippen LogP contribution < -0.4 is 0 Å². The molecule has 0 amide bonds. The largest absolute Gasteiger partial charge is 0.469 e. The standard InChI is InChI=1S/C15H14O4S/c1-18-14(16)8-12-7-10(11-5-6-20-9-11)3-4-13(12)15(17)19-2/h3-7,9H,8H2,1-2H3. The number of methoxy groups -OCH3 is 2. The smallest absolute Gasteiger partial charge is 0.338 e. The van der Waals surface area contributed by atoms with Crippen molar-refractivity contribution < 1.29 is 19.1 Å². The SMILES string of the molecule is COC(=O)Cc1cc(-c2ccsc2)ccc1C(=O)OC. The van der Waals surface area contributed by atoms with E-state index in [4.69, 9.17) is 4.74 Å². The van der Waals surface area contributed by atoms with Crippen LogP contribution in [0.4, 0.5) is 0 Å². The van der Waals surface area contributed by atoms with Gasteiger partial charge in [0, 0.05) is 0 Å². The summed E-state index contributed by atoms with van der Waals surface area (Å²) >= 11 is 1.59. The Morgan fingerprint density at radius 2 is 1.90 bits per heavy atom. The average Bonchev–Trinajstić information content (AvgIpc) is 3.00. The zero-order valence-electron chi connectivity index (χ0n) is 11.2. The lowest BCUT2D eigenvalue weighted by Gasteiger charge is -2.09. The van der Waals surface area contributed by atoms with E-state index in [9.17, 15) is 9.59 Å². The first-order valence-electron chi connectivity index (χ1n) is 5.96. The van der Waals surface area contributed by atoms with Gasteiger partial charge >= 0.3 is 11.9 Å². The van der Waals surface area contributed by atoms with Crippen LogP contribution in [0.5, 0.6) is 0 Å². The molecule has 0 aliphatic carbocycles. The Balaban J connectivity index is 2.43. The van der Waals surface area contributed by atoms with Gasteiger partial charge in [0.15, 0.2) is 0 Å². The normalized spacial score (nSPS) is 10.1. The second kappa shape index (κ2) is 6.34. The third-order valence-electron chi connectivity index (χ3n) is 2.93. The highest BCUT2D eigenvalue weighted by atomic mass is 32.1. The minimum Gasteiger partial charge on any atom is -0.469 e. The van der Waals surface area contributed by atoms with Crippen LogP contribution in [0.1, 0.15) is 15.9 Å². The first kappa shape index (κ1) is 14.3. The van der Waals surface area contributed by atoms with Crippen molar-refractivity contribution in [3.63, 3.8) is 0 Å². The molecule has 0 bridgehead atoms. The highest BCUT2D eigenvalue weighted by Gasteiger charge is 2.16. The molecular weight excluding hydrogens is 276 g/mol. The summed E-state index contributed by atoms with van der Waals surface area (Å²) in [5.41, 5.74) is 3.00. The summed E-state index contributed by atoms with van der Waals surface area (Å²) in [5, 5.41) is 3.98. The number of thiophene rings is 1. The molecule has 5 heteroatoms. The highest BCUT2D eigenvalue weighted by Crippen LogP contribution is 2.25. The molecule has 20 heavy (non-hydrogen) atoms. The van der Waals surface area contributed by atoms with Gasteiger partial charge in [-0.3, -0.25) is 4.79 Å². The minimum absolute atomic E-state index is 0.0406. The van der Waals surface area contributed by atoms with Crippen LogP contribution in [0.25, 0.3) is 11.1 Å². The van der Waals surface area contributed by atoms with Gasteiger partial charge in [-0.2, -0.15) is 11.3 Å². The fraction of sp³-hybridized carbons (Fsp3) is 0.200. The molecule has 104 valence electrons. The molecule has 0 aliphatic heterocycles. The average molecular weight is 290 g/mol. The van der Waals surface area contributed by atoms with Crippen molar-refractivity contribution in [3.8, 4) is 11.1 Å². The van der Waals surface area contributed by atoms with E-state index in [0.29, 0.717) is 11.1 Å². The summed E-state index contributed by atoms with van der Waals surface area (Å²) < 4.78 is 9.40. The summed E-state index contributed by atoms with van der Waals surface area (Å²) in [4.78, 5) is 23.2. The van der Waals surface area contributed by atoms with Crippen LogP contribution in [0, 0.1) is 0 Å². The Kier molecular flexibility index (Phi) is 4.53. The van der Waals surface area contributed by atoms with Crippen LogP contribution >= 0.6 is 11.3 Å². The van der Waals surface area contributed by atoms with Gasteiger partial charge in [0.2, 0.25) is 0 Å². The van der Waals surface area contributed by atoms with Crippen molar-refractivity contribution >= 4 is 23.3 Å². The summed E-state index contributed by atoms with van der Waals surface area (Å²) in [6.07, 6.45) is 0.0406. The number of carbonyl (C=O) groups is 2. The van der Waals surface area contributed by atoms with Crippen LogP contribution in [0.15, 0.2) is 35.0 Å². The predicted molar refractivity (Wildman–Crippen MR) is 76.8 cm³/mol. The van der Waals surface area contributed by atoms with E-state index in [-0.39, 0.29) is 6.42 Å². The van der Waals surface area contributed by atoms with E-state index >= 15 is 0 Å². The van der Waals surface area contributed by atoms with Crippen molar-refractivity contribution in [1.82, 2.24) is 0 Å². The second-order valence-electron chi connectivity index (χ2n) is 4.13. The van der Waals surface area contributed by atoms with Crippen molar-refractivity contribution in [3.05, 3.63) is 46.2 Å². The molecule has 1 aromatic carbocycles. The maximum absolute atomic E-state index is 11.7. The molecule has 1 aromatic heterocycles. The van der Waals surface area contributed by atoms with Crippen LogP contribution in [0.2, 0.25) is 0 Å². The van der Waals surface area contributed by atoms with Gasteiger partial charge in [0.1, 0.15) is 0 Å². The Hall–Kier alpha value is -2.14. The third kappa shape index (κ3) is 3.05. The number of hydrogen-bond acceptors (Lipinski definition) is 5. The molecule has 0 spiro atoms. The molecular formula is C15H14O4S. The number of carbonyl (C=O) groups excluding carboxylic acids is 2. The summed E-state index contributed by atoms with van der Waals surface area (Å²) in [7, 11) is 2.64. The van der Waals surface area contributed by atoms with Crippen LogP contribution in [-0.4, -0.2) is 26.2 Å². The highest BCUT2D eigenvalue weighted by molar-refractivity contribution is 7.08. The number of esters is 2. The van der Waals surface area contributed by atoms with Crippen LogP contribution in [0.3, 0.4) is 0 Å². The van der Waals surface area contributed by atoms with Gasteiger partial charge < -0.3 is 9.47 Å². The zero-order chi connectivity index (χ0) is 14.5. The van der Waals surface area contributed by atoms with Gasteiger partial charge in [-0.05, 0) is 45.6 Å². The van der Waals surface area contributed by atoms with E-state index < -0.39 is 11.9 Å². The fourth-order valence-electron chi connectivity index (χ4n) is 1.89. The van der Waals surface area contributed by atoms with Crippen molar-refractivity contribution in [2.75, 3.05) is 14.2 Å². The number of ether oxygens (including phenoxy) is 2. The van der Waals surface area contributed by atoms with Crippen molar-refractivity contribution in [2.45, 2.75) is 6.42 Å². The summed E-state index contributed by atoms with van der Waals surface area (Å²) in [5.74, 6) is -0.849. The van der Waals surface area contributed by atoms with Crippen LogP contribution in [-0.2, 0) is 20.7 Å².